The highest BCUT2D eigenvalue weighted by Gasteiger charge is 2.35. The van der Waals surface area contributed by atoms with Crippen LogP contribution in [0.4, 0.5) is 10.6 Å². The molecule has 4 rings (SSSR count). The van der Waals surface area contributed by atoms with Gasteiger partial charge in [0.2, 0.25) is 0 Å². The second-order valence-electron chi connectivity index (χ2n) is 11.2. The van der Waals surface area contributed by atoms with Gasteiger partial charge in [-0.1, -0.05) is 0 Å². The summed E-state index contributed by atoms with van der Waals surface area (Å²) in [7, 11) is 10.6. The number of carbonyl (C=O) groups is 1. The molecular formula is C29H39N5O5. The number of hydrogen-bond acceptors (Lipinski definition) is 8. The zero-order chi connectivity index (χ0) is 28.6. The lowest BCUT2D eigenvalue weighted by molar-refractivity contribution is -0.00602. The summed E-state index contributed by atoms with van der Waals surface area (Å²) in [5.41, 5.74) is 2.04. The molecule has 1 fully saturated rings. The van der Waals surface area contributed by atoms with Crippen LogP contribution < -0.4 is 19.9 Å². The standard InChI is InChI=1S/C29H39N5O5/c1-29(2,3)39-28(36)33(7)19-14-34(15-19)17-23-24(37-8)10-18(11-25(23)38-9)22-16-32(6)27(35)21-13-30-26(31(4)5)12-20(21)22/h10-13,16,19H,14-15,17H2,1-9H3. The van der Waals surface area contributed by atoms with Gasteiger partial charge in [-0.05, 0) is 44.5 Å². The number of carbonyl (C=O) groups excluding carboxylic acids is 1. The fourth-order valence-electron chi connectivity index (χ4n) is 4.74. The molecular weight excluding hydrogens is 498 g/mol. The Bertz CT molecular complexity index is 1410. The van der Waals surface area contributed by atoms with Gasteiger partial charge in [0.15, 0.2) is 0 Å². The lowest BCUT2D eigenvalue weighted by atomic mass is 9.98. The van der Waals surface area contributed by atoms with Gasteiger partial charge in [-0.15, -0.1) is 0 Å². The summed E-state index contributed by atoms with van der Waals surface area (Å²) in [5.74, 6) is 2.14. The van der Waals surface area contributed by atoms with Crippen LogP contribution in [-0.2, 0) is 18.3 Å². The summed E-state index contributed by atoms with van der Waals surface area (Å²) < 4.78 is 18.7. The third kappa shape index (κ3) is 5.80. The summed E-state index contributed by atoms with van der Waals surface area (Å²) in [5, 5.41) is 1.35. The van der Waals surface area contributed by atoms with Crippen LogP contribution in [0.1, 0.15) is 26.3 Å². The number of nitrogens with zero attached hydrogens (tertiary/aromatic N) is 5. The number of rotatable bonds is 7. The Hall–Kier alpha value is -3.79. The lowest BCUT2D eigenvalue weighted by Gasteiger charge is -2.44. The topological polar surface area (TPSA) is 89.4 Å². The van der Waals surface area contributed by atoms with E-state index in [1.807, 2.05) is 64.2 Å². The zero-order valence-electron chi connectivity index (χ0n) is 24.4. The minimum atomic E-state index is -0.530. The van der Waals surface area contributed by atoms with Crippen LogP contribution in [0, 0.1) is 0 Å². The van der Waals surface area contributed by atoms with Crippen LogP contribution in [0.5, 0.6) is 11.5 Å². The second-order valence-corrected chi connectivity index (χ2v) is 11.2. The van der Waals surface area contributed by atoms with Crippen molar-refractivity contribution in [2.24, 2.45) is 7.05 Å². The first kappa shape index (κ1) is 28.2. The number of methoxy groups -OCH3 is 2. The van der Waals surface area contributed by atoms with Crippen molar-refractivity contribution >= 4 is 22.7 Å². The van der Waals surface area contributed by atoms with E-state index in [0.717, 1.165) is 41.0 Å². The van der Waals surface area contributed by atoms with Gasteiger partial charge in [-0.3, -0.25) is 9.69 Å². The fourth-order valence-corrected chi connectivity index (χ4v) is 4.74. The van der Waals surface area contributed by atoms with E-state index in [2.05, 4.69) is 9.88 Å². The van der Waals surface area contributed by atoms with Crippen molar-refractivity contribution in [2.45, 2.75) is 39.0 Å². The maximum atomic E-state index is 12.9. The average Bonchev–Trinajstić information content (AvgIpc) is 2.85. The SMILES string of the molecule is COc1cc(-c2cn(C)c(=O)c3cnc(N(C)C)cc23)cc(OC)c1CN1CC(N(C)C(=O)OC(C)(C)C)C1. The Morgan fingerprint density at radius 3 is 2.21 bits per heavy atom. The van der Waals surface area contributed by atoms with Crippen molar-refractivity contribution in [3.63, 3.8) is 0 Å². The summed E-state index contributed by atoms with van der Waals surface area (Å²) in [6, 6.07) is 5.97. The zero-order valence-corrected chi connectivity index (χ0v) is 24.4. The third-order valence-corrected chi connectivity index (χ3v) is 6.98. The molecule has 0 atom stereocenters. The molecule has 1 aromatic carbocycles. The molecule has 0 saturated carbocycles. The molecule has 1 aliphatic heterocycles. The van der Waals surface area contributed by atoms with Gasteiger partial charge in [0.05, 0.1) is 31.2 Å². The third-order valence-electron chi connectivity index (χ3n) is 6.98. The number of pyridine rings is 2. The Morgan fingerprint density at radius 2 is 1.67 bits per heavy atom. The number of likely N-dealkylation sites (tertiary alicyclic amines) is 1. The average molecular weight is 538 g/mol. The molecule has 1 aliphatic rings. The number of ether oxygens (including phenoxy) is 3. The smallest absolute Gasteiger partial charge is 0.410 e. The number of anilines is 1. The first-order chi connectivity index (χ1) is 18.3. The van der Waals surface area contributed by atoms with Gasteiger partial charge < -0.3 is 28.6 Å². The molecule has 0 unspecified atom stereocenters. The van der Waals surface area contributed by atoms with Crippen molar-refractivity contribution < 1.29 is 19.0 Å². The first-order valence-electron chi connectivity index (χ1n) is 12.9. The highest BCUT2D eigenvalue weighted by atomic mass is 16.6. The molecule has 0 aliphatic carbocycles. The van der Waals surface area contributed by atoms with Crippen LogP contribution in [0.15, 0.2) is 35.4 Å². The molecule has 2 aromatic heterocycles. The van der Waals surface area contributed by atoms with Gasteiger partial charge in [0.1, 0.15) is 22.9 Å². The lowest BCUT2D eigenvalue weighted by Crippen LogP contribution is -2.59. The highest BCUT2D eigenvalue weighted by molar-refractivity contribution is 5.97. The summed E-state index contributed by atoms with van der Waals surface area (Å²) in [6.07, 6.45) is 3.15. The number of hydrogen-bond donors (Lipinski definition) is 0. The molecule has 10 nitrogen and oxygen atoms in total. The van der Waals surface area contributed by atoms with Crippen LogP contribution in [0.3, 0.4) is 0 Å². The number of benzene rings is 1. The van der Waals surface area contributed by atoms with Gasteiger partial charge in [-0.2, -0.15) is 0 Å². The second kappa shape index (κ2) is 10.8. The molecule has 3 heterocycles. The quantitative estimate of drug-likeness (QED) is 0.451. The monoisotopic (exact) mass is 537 g/mol. The van der Waals surface area contributed by atoms with Crippen molar-refractivity contribution in [3.05, 3.63) is 46.5 Å². The predicted octanol–water partition coefficient (Wildman–Crippen LogP) is 3.73. The van der Waals surface area contributed by atoms with E-state index in [9.17, 15) is 9.59 Å². The summed E-state index contributed by atoms with van der Waals surface area (Å²) in [4.78, 5) is 35.6. The van der Waals surface area contributed by atoms with E-state index >= 15 is 0 Å². The minimum absolute atomic E-state index is 0.0765. The van der Waals surface area contributed by atoms with E-state index in [4.69, 9.17) is 14.2 Å². The predicted molar refractivity (Wildman–Crippen MR) is 153 cm³/mol. The normalized spacial score (nSPS) is 14.2. The Balaban J connectivity index is 1.64. The molecule has 1 amide bonds. The molecule has 39 heavy (non-hydrogen) atoms. The number of aryl methyl sites for hydroxylation is 1. The molecule has 0 bridgehead atoms. The van der Waals surface area contributed by atoms with Gasteiger partial charge in [0.25, 0.3) is 5.56 Å². The number of aromatic nitrogens is 2. The van der Waals surface area contributed by atoms with E-state index in [0.29, 0.717) is 23.4 Å². The van der Waals surface area contributed by atoms with Crippen molar-refractivity contribution in [1.82, 2.24) is 19.4 Å². The van der Waals surface area contributed by atoms with E-state index in [-0.39, 0.29) is 17.7 Å². The van der Waals surface area contributed by atoms with E-state index < -0.39 is 5.60 Å². The van der Waals surface area contributed by atoms with Crippen molar-refractivity contribution in [2.75, 3.05) is 53.4 Å². The Morgan fingerprint density at radius 1 is 1.05 bits per heavy atom. The van der Waals surface area contributed by atoms with E-state index in [1.165, 1.54) is 0 Å². The van der Waals surface area contributed by atoms with Crippen LogP contribution in [0.2, 0.25) is 0 Å². The van der Waals surface area contributed by atoms with Gasteiger partial charge >= 0.3 is 6.09 Å². The van der Waals surface area contributed by atoms with E-state index in [1.54, 1.807) is 44.0 Å². The summed E-state index contributed by atoms with van der Waals surface area (Å²) >= 11 is 0. The minimum Gasteiger partial charge on any atom is -0.496 e. The number of likely N-dealkylation sites (N-methyl/N-ethyl adjacent to an activating group) is 1. The number of amides is 1. The Kier molecular flexibility index (Phi) is 7.79. The Labute approximate surface area is 229 Å². The molecule has 0 spiro atoms. The first-order valence-corrected chi connectivity index (χ1v) is 12.9. The molecule has 0 N–H and O–H groups in total. The molecule has 1 saturated heterocycles. The van der Waals surface area contributed by atoms with Crippen LogP contribution >= 0.6 is 0 Å². The van der Waals surface area contributed by atoms with Crippen LogP contribution in [0.25, 0.3) is 21.9 Å². The summed E-state index contributed by atoms with van der Waals surface area (Å²) in [6.45, 7) is 7.64. The fraction of sp³-hybridized carbons (Fsp3) is 0.483. The van der Waals surface area contributed by atoms with Gasteiger partial charge in [0, 0.05) is 71.2 Å². The molecule has 10 heteroatoms. The number of fused-ring (bicyclic) bond motifs is 1. The maximum absolute atomic E-state index is 12.9. The molecule has 210 valence electrons. The van der Waals surface area contributed by atoms with Crippen LogP contribution in [-0.4, -0.2) is 85.5 Å². The van der Waals surface area contributed by atoms with Gasteiger partial charge in [-0.25, -0.2) is 9.78 Å². The largest absolute Gasteiger partial charge is 0.496 e. The molecule has 0 radical (unpaired) electrons. The maximum Gasteiger partial charge on any atom is 0.410 e. The molecule has 3 aromatic rings. The van der Waals surface area contributed by atoms with Crippen molar-refractivity contribution in [1.29, 1.82) is 0 Å². The van der Waals surface area contributed by atoms with Crippen molar-refractivity contribution in [3.8, 4) is 22.6 Å². The highest BCUT2D eigenvalue weighted by Crippen LogP contribution is 2.39.